The molecule has 2 aliphatic rings. The van der Waals surface area contributed by atoms with Crippen molar-refractivity contribution in [2.45, 2.75) is 18.5 Å². The highest BCUT2D eigenvalue weighted by Crippen LogP contribution is 2.23. The number of nitrogens with one attached hydrogen (secondary N) is 1. The van der Waals surface area contributed by atoms with Crippen molar-refractivity contribution < 1.29 is 14.3 Å². The number of halogens is 1. The van der Waals surface area contributed by atoms with Gasteiger partial charge in [-0.25, -0.2) is 14.8 Å². The second-order valence-electron chi connectivity index (χ2n) is 6.82. The van der Waals surface area contributed by atoms with Crippen LogP contribution in [0.5, 0.6) is 0 Å². The molecule has 2 aliphatic heterocycles. The number of piperazine rings is 1. The summed E-state index contributed by atoms with van der Waals surface area (Å²) in [5.74, 6) is 1.04. The summed E-state index contributed by atoms with van der Waals surface area (Å²) < 4.78 is 5.28. The fourth-order valence-corrected chi connectivity index (χ4v) is 4.11. The van der Waals surface area contributed by atoms with E-state index in [1.54, 1.807) is 11.0 Å². The lowest BCUT2D eigenvalue weighted by atomic mass is 10.3. The molecular weight excluding hydrogens is 416 g/mol. The van der Waals surface area contributed by atoms with E-state index in [0.29, 0.717) is 69.3 Å². The van der Waals surface area contributed by atoms with E-state index in [1.807, 2.05) is 11.8 Å². The number of hydrogen-bond donors (Lipinski definition) is 1. The van der Waals surface area contributed by atoms with E-state index in [2.05, 4.69) is 20.2 Å². The number of aromatic nitrogens is 2. The van der Waals surface area contributed by atoms with Gasteiger partial charge in [0.25, 0.3) is 0 Å². The molecule has 2 fully saturated rings. The molecule has 0 aromatic carbocycles. The van der Waals surface area contributed by atoms with Crippen molar-refractivity contribution in [2.75, 3.05) is 69.7 Å². The highest BCUT2D eigenvalue weighted by atomic mass is 35.5. The van der Waals surface area contributed by atoms with Crippen LogP contribution >= 0.6 is 23.4 Å². The number of ether oxygens (including phenoxy) is 1. The number of thioether (sulfide) groups is 1. The smallest absolute Gasteiger partial charge is 0.317 e. The molecule has 1 N–H and O–H groups in total. The molecule has 0 saturated carbocycles. The van der Waals surface area contributed by atoms with Crippen molar-refractivity contribution in [3.05, 3.63) is 11.2 Å². The summed E-state index contributed by atoms with van der Waals surface area (Å²) in [7, 11) is 0. The fourth-order valence-electron chi connectivity index (χ4n) is 3.12. The van der Waals surface area contributed by atoms with Crippen LogP contribution in [0, 0.1) is 0 Å². The number of carbonyl (C=O) groups excluding carboxylic acids is 2. The first-order valence-corrected chi connectivity index (χ1v) is 11.2. The number of anilines is 1. The molecule has 1 aromatic rings. The Bertz CT molecular complexity index is 711. The highest BCUT2D eigenvalue weighted by Gasteiger charge is 2.23. The minimum absolute atomic E-state index is 0.0231. The van der Waals surface area contributed by atoms with E-state index >= 15 is 0 Å². The third-order valence-electron chi connectivity index (χ3n) is 4.77. The molecular formula is C18H27ClN6O3S. The summed E-state index contributed by atoms with van der Waals surface area (Å²) in [6.07, 6.45) is 0.916. The molecule has 3 heterocycles. The fraction of sp³-hybridized carbons (Fsp3) is 0.667. The summed E-state index contributed by atoms with van der Waals surface area (Å²) >= 11 is 7.48. The average Bonchev–Trinajstić information content (AvgIpc) is 2.76. The van der Waals surface area contributed by atoms with Gasteiger partial charge in [-0.15, -0.1) is 0 Å². The van der Waals surface area contributed by atoms with Crippen LogP contribution in [0.15, 0.2) is 11.2 Å². The van der Waals surface area contributed by atoms with Crippen LogP contribution in [0.2, 0.25) is 5.15 Å². The van der Waals surface area contributed by atoms with Crippen molar-refractivity contribution in [2.24, 2.45) is 0 Å². The molecule has 3 rings (SSSR count). The Morgan fingerprint density at radius 3 is 2.55 bits per heavy atom. The Kier molecular flexibility index (Phi) is 8.19. The minimum Gasteiger partial charge on any atom is -0.378 e. The number of morpholine rings is 1. The summed E-state index contributed by atoms with van der Waals surface area (Å²) in [6, 6.07) is 1.70. The number of nitrogens with zero attached hydrogens (tertiary/aromatic N) is 5. The molecule has 9 nitrogen and oxygen atoms in total. The zero-order valence-electron chi connectivity index (χ0n) is 16.6. The lowest BCUT2D eigenvalue weighted by Crippen LogP contribution is -2.52. The summed E-state index contributed by atoms with van der Waals surface area (Å²) in [4.78, 5) is 38.9. The maximum Gasteiger partial charge on any atom is 0.317 e. The zero-order valence-corrected chi connectivity index (χ0v) is 18.2. The number of amides is 3. The van der Waals surface area contributed by atoms with Crippen molar-refractivity contribution >= 4 is 41.1 Å². The third kappa shape index (κ3) is 6.35. The Labute approximate surface area is 180 Å². The summed E-state index contributed by atoms with van der Waals surface area (Å²) in [5.41, 5.74) is 0. The first-order valence-electron chi connectivity index (χ1n) is 9.87. The SMILES string of the molecule is CCCNC(=O)N1CCN(c2cc(Cl)nc(SCC(=O)N3CCOCC3)n2)CC1. The molecule has 29 heavy (non-hydrogen) atoms. The lowest BCUT2D eigenvalue weighted by molar-refractivity contribution is -0.132. The van der Waals surface area contributed by atoms with E-state index in [4.69, 9.17) is 16.3 Å². The highest BCUT2D eigenvalue weighted by molar-refractivity contribution is 7.99. The maximum atomic E-state index is 12.3. The molecule has 1 aromatic heterocycles. The Hall–Kier alpha value is -1.78. The quantitative estimate of drug-likeness (QED) is 0.403. The van der Waals surface area contributed by atoms with Crippen LogP contribution in [-0.4, -0.2) is 96.5 Å². The van der Waals surface area contributed by atoms with E-state index < -0.39 is 0 Å². The molecule has 0 bridgehead atoms. The van der Waals surface area contributed by atoms with E-state index in [-0.39, 0.29) is 17.7 Å². The van der Waals surface area contributed by atoms with Gasteiger partial charge in [-0.1, -0.05) is 30.3 Å². The van der Waals surface area contributed by atoms with Gasteiger partial charge in [0.2, 0.25) is 5.91 Å². The zero-order chi connectivity index (χ0) is 20.6. The molecule has 11 heteroatoms. The van der Waals surface area contributed by atoms with Crippen LogP contribution in [0.25, 0.3) is 0 Å². The summed E-state index contributed by atoms with van der Waals surface area (Å²) in [5, 5.41) is 3.73. The average molecular weight is 443 g/mol. The van der Waals surface area contributed by atoms with Gasteiger partial charge in [0.05, 0.1) is 19.0 Å². The molecule has 0 aliphatic carbocycles. The van der Waals surface area contributed by atoms with Crippen molar-refractivity contribution in [1.29, 1.82) is 0 Å². The predicted octanol–water partition coefficient (Wildman–Crippen LogP) is 1.32. The summed E-state index contributed by atoms with van der Waals surface area (Å²) in [6.45, 7) is 7.70. The number of urea groups is 1. The molecule has 0 radical (unpaired) electrons. The molecule has 0 spiro atoms. The normalized spacial score (nSPS) is 17.4. The van der Waals surface area contributed by atoms with Crippen molar-refractivity contribution in [1.82, 2.24) is 25.1 Å². The second-order valence-corrected chi connectivity index (χ2v) is 8.15. The minimum atomic E-state index is -0.0231. The van der Waals surface area contributed by atoms with E-state index in [1.165, 1.54) is 11.8 Å². The van der Waals surface area contributed by atoms with Crippen LogP contribution in [0.1, 0.15) is 13.3 Å². The van der Waals surface area contributed by atoms with E-state index in [0.717, 1.165) is 12.2 Å². The van der Waals surface area contributed by atoms with Gasteiger partial charge in [0.15, 0.2) is 5.16 Å². The van der Waals surface area contributed by atoms with Crippen LogP contribution in [0.3, 0.4) is 0 Å². The first-order chi connectivity index (χ1) is 14.1. The van der Waals surface area contributed by atoms with Gasteiger partial charge >= 0.3 is 6.03 Å². The molecule has 3 amide bonds. The first kappa shape index (κ1) is 21.9. The maximum absolute atomic E-state index is 12.3. The van der Waals surface area contributed by atoms with Gasteiger partial charge in [-0.05, 0) is 6.42 Å². The van der Waals surface area contributed by atoms with Gasteiger partial charge in [0.1, 0.15) is 11.0 Å². The van der Waals surface area contributed by atoms with Crippen LogP contribution in [-0.2, 0) is 9.53 Å². The Morgan fingerprint density at radius 2 is 1.86 bits per heavy atom. The Morgan fingerprint density at radius 1 is 1.14 bits per heavy atom. The largest absolute Gasteiger partial charge is 0.378 e. The number of carbonyl (C=O) groups is 2. The molecule has 160 valence electrons. The second kappa shape index (κ2) is 10.8. The monoisotopic (exact) mass is 442 g/mol. The van der Waals surface area contributed by atoms with Crippen molar-refractivity contribution in [3.8, 4) is 0 Å². The lowest BCUT2D eigenvalue weighted by Gasteiger charge is -2.35. The van der Waals surface area contributed by atoms with E-state index in [9.17, 15) is 9.59 Å². The predicted molar refractivity (Wildman–Crippen MR) is 113 cm³/mol. The van der Waals surface area contributed by atoms with Gasteiger partial charge in [0, 0.05) is 51.9 Å². The van der Waals surface area contributed by atoms with Crippen LogP contribution in [0.4, 0.5) is 10.6 Å². The Balaban J connectivity index is 1.54. The standard InChI is InChI=1S/C18H27ClN6O3S/c1-2-3-20-18(27)25-6-4-23(5-7-25)15-12-14(19)21-17(22-15)29-13-16(26)24-8-10-28-11-9-24/h12H,2-11,13H2,1H3,(H,20,27). The molecule has 2 saturated heterocycles. The molecule has 0 atom stereocenters. The van der Waals surface area contributed by atoms with Crippen LogP contribution < -0.4 is 10.2 Å². The third-order valence-corrected chi connectivity index (χ3v) is 5.79. The van der Waals surface area contributed by atoms with Gasteiger partial charge < -0.3 is 24.8 Å². The number of rotatable bonds is 6. The topological polar surface area (TPSA) is 90.9 Å². The number of hydrogen-bond acceptors (Lipinski definition) is 7. The molecule has 0 unspecified atom stereocenters. The van der Waals surface area contributed by atoms with Gasteiger partial charge in [-0.3, -0.25) is 4.79 Å². The van der Waals surface area contributed by atoms with Crippen molar-refractivity contribution in [3.63, 3.8) is 0 Å². The van der Waals surface area contributed by atoms with Gasteiger partial charge in [-0.2, -0.15) is 0 Å².